The first-order valence-electron chi connectivity index (χ1n) is 9.39. The lowest BCUT2D eigenvalue weighted by Crippen LogP contribution is -2.46. The molecule has 3 atom stereocenters. The molecule has 2 nitrogen and oxygen atoms in total. The van der Waals surface area contributed by atoms with Crippen molar-refractivity contribution in [2.75, 3.05) is 0 Å². The van der Waals surface area contributed by atoms with Crippen LogP contribution in [0.25, 0.3) is 0 Å². The molecule has 1 aromatic carbocycles. The monoisotopic (exact) mass is 318 g/mol. The van der Waals surface area contributed by atoms with E-state index >= 15 is 0 Å². The second kappa shape index (κ2) is 8.84. The van der Waals surface area contributed by atoms with E-state index in [1.807, 2.05) is 13.8 Å². The first-order valence-corrected chi connectivity index (χ1v) is 9.39. The van der Waals surface area contributed by atoms with Gasteiger partial charge in [0.1, 0.15) is 0 Å². The van der Waals surface area contributed by atoms with Crippen molar-refractivity contribution in [3.63, 3.8) is 0 Å². The van der Waals surface area contributed by atoms with Gasteiger partial charge in [0.2, 0.25) is 0 Å². The third kappa shape index (κ3) is 6.27. The highest BCUT2D eigenvalue weighted by molar-refractivity contribution is 5.15. The summed E-state index contributed by atoms with van der Waals surface area (Å²) in [7, 11) is 0. The maximum Gasteiger partial charge on any atom is 0.163 e. The Kier molecular flexibility index (Phi) is 7.10. The van der Waals surface area contributed by atoms with Crippen LogP contribution in [-0.4, -0.2) is 18.0 Å². The summed E-state index contributed by atoms with van der Waals surface area (Å²) in [6.07, 6.45) is 9.23. The lowest BCUT2D eigenvalue weighted by atomic mass is 9.86. The van der Waals surface area contributed by atoms with Gasteiger partial charge >= 0.3 is 0 Å². The number of hydrogen-bond donors (Lipinski definition) is 0. The predicted octanol–water partition coefficient (Wildman–Crippen LogP) is 5.75. The molecule has 0 radical (unpaired) electrons. The minimum Gasteiger partial charge on any atom is -0.347 e. The van der Waals surface area contributed by atoms with Crippen molar-refractivity contribution in [1.29, 1.82) is 0 Å². The van der Waals surface area contributed by atoms with E-state index in [1.165, 1.54) is 37.7 Å². The maximum absolute atomic E-state index is 6.31. The van der Waals surface area contributed by atoms with Gasteiger partial charge < -0.3 is 9.47 Å². The fraction of sp³-hybridized carbons (Fsp3) is 0.714. The first kappa shape index (κ1) is 18.5. The van der Waals surface area contributed by atoms with E-state index in [0.29, 0.717) is 12.0 Å². The highest BCUT2D eigenvalue weighted by Crippen LogP contribution is 2.33. The van der Waals surface area contributed by atoms with Gasteiger partial charge in [0.15, 0.2) is 5.79 Å². The highest BCUT2D eigenvalue weighted by atomic mass is 16.7. The zero-order valence-electron chi connectivity index (χ0n) is 15.4. The topological polar surface area (TPSA) is 18.5 Å². The Labute approximate surface area is 142 Å². The van der Waals surface area contributed by atoms with E-state index in [9.17, 15) is 0 Å². The number of unbranched alkanes of at least 4 members (excludes halogenated alkanes) is 3. The number of ether oxygens (including phenoxy) is 2. The molecular weight excluding hydrogens is 284 g/mol. The molecule has 1 aromatic rings. The van der Waals surface area contributed by atoms with Crippen LogP contribution in [0.2, 0.25) is 0 Å². The van der Waals surface area contributed by atoms with Crippen molar-refractivity contribution in [1.82, 2.24) is 0 Å². The van der Waals surface area contributed by atoms with Gasteiger partial charge in [-0.15, -0.1) is 0 Å². The van der Waals surface area contributed by atoms with Crippen LogP contribution in [0, 0.1) is 5.92 Å². The smallest absolute Gasteiger partial charge is 0.163 e. The van der Waals surface area contributed by atoms with E-state index < -0.39 is 5.79 Å². The minimum atomic E-state index is -0.458. The molecule has 2 rings (SSSR count). The molecule has 23 heavy (non-hydrogen) atoms. The van der Waals surface area contributed by atoms with Gasteiger partial charge in [0.05, 0.1) is 12.2 Å². The lowest BCUT2D eigenvalue weighted by molar-refractivity contribution is -0.305. The molecule has 1 fully saturated rings. The van der Waals surface area contributed by atoms with Crippen LogP contribution >= 0.6 is 0 Å². The number of rotatable bonds is 8. The average molecular weight is 319 g/mol. The van der Waals surface area contributed by atoms with Gasteiger partial charge in [0, 0.05) is 6.42 Å². The van der Waals surface area contributed by atoms with Crippen LogP contribution in [0.15, 0.2) is 30.3 Å². The predicted molar refractivity (Wildman–Crippen MR) is 96.5 cm³/mol. The van der Waals surface area contributed by atoms with Gasteiger partial charge in [-0.3, -0.25) is 0 Å². The summed E-state index contributed by atoms with van der Waals surface area (Å²) in [6.45, 7) is 8.54. The molecule has 2 heteroatoms. The normalized spacial score (nSPS) is 25.2. The molecule has 0 bridgehead atoms. The Bertz CT molecular complexity index is 440. The molecule has 130 valence electrons. The molecule has 0 unspecified atom stereocenters. The number of benzene rings is 1. The van der Waals surface area contributed by atoms with Crippen LogP contribution < -0.4 is 0 Å². The van der Waals surface area contributed by atoms with Gasteiger partial charge in [-0.05, 0) is 45.1 Å². The quantitative estimate of drug-likeness (QED) is 0.568. The van der Waals surface area contributed by atoms with Gasteiger partial charge in [-0.25, -0.2) is 0 Å². The Balaban J connectivity index is 2.02. The summed E-state index contributed by atoms with van der Waals surface area (Å²) in [5.41, 5.74) is 1.42. The third-order valence-electron chi connectivity index (χ3n) is 4.78. The van der Waals surface area contributed by atoms with Gasteiger partial charge in [0.25, 0.3) is 0 Å². The summed E-state index contributed by atoms with van der Waals surface area (Å²) in [6, 6.07) is 10.9. The Morgan fingerprint density at radius 1 is 1.09 bits per heavy atom. The fourth-order valence-electron chi connectivity index (χ4n) is 3.76. The fourth-order valence-corrected chi connectivity index (χ4v) is 3.76. The highest BCUT2D eigenvalue weighted by Gasteiger charge is 2.37. The molecule has 1 aliphatic rings. The lowest BCUT2D eigenvalue weighted by Gasteiger charge is -2.43. The maximum atomic E-state index is 6.31. The molecule has 0 amide bonds. The van der Waals surface area contributed by atoms with Gasteiger partial charge in [-0.1, -0.05) is 62.9 Å². The number of hydrogen-bond acceptors (Lipinski definition) is 2. The van der Waals surface area contributed by atoms with Crippen LogP contribution in [0.5, 0.6) is 0 Å². The molecule has 0 aliphatic carbocycles. The van der Waals surface area contributed by atoms with Crippen LogP contribution in [0.3, 0.4) is 0 Å². The summed E-state index contributed by atoms with van der Waals surface area (Å²) < 4.78 is 12.2. The molecule has 1 aliphatic heterocycles. The van der Waals surface area contributed by atoms with Crippen molar-refractivity contribution >= 4 is 0 Å². The SMILES string of the molecule is CCCCCC[C@@H](Cc1ccccc1)[C@@H]1C[C@@H](C)OC(C)(C)O1. The van der Waals surface area contributed by atoms with Crippen molar-refractivity contribution in [3.05, 3.63) is 35.9 Å². The molecule has 0 aromatic heterocycles. The van der Waals surface area contributed by atoms with Crippen molar-refractivity contribution in [2.45, 2.75) is 90.6 Å². The molecule has 0 spiro atoms. The van der Waals surface area contributed by atoms with Crippen LogP contribution in [-0.2, 0) is 15.9 Å². The van der Waals surface area contributed by atoms with E-state index in [4.69, 9.17) is 9.47 Å². The second-order valence-corrected chi connectivity index (χ2v) is 7.52. The largest absolute Gasteiger partial charge is 0.347 e. The minimum absolute atomic E-state index is 0.276. The van der Waals surface area contributed by atoms with Crippen molar-refractivity contribution < 1.29 is 9.47 Å². The van der Waals surface area contributed by atoms with E-state index in [0.717, 1.165) is 12.8 Å². The summed E-state index contributed by atoms with van der Waals surface area (Å²) >= 11 is 0. The molecule has 1 heterocycles. The van der Waals surface area contributed by atoms with Gasteiger partial charge in [-0.2, -0.15) is 0 Å². The zero-order chi connectivity index (χ0) is 16.7. The molecule has 0 saturated carbocycles. The first-order chi connectivity index (χ1) is 11.0. The summed E-state index contributed by atoms with van der Waals surface area (Å²) in [4.78, 5) is 0. The Morgan fingerprint density at radius 2 is 1.83 bits per heavy atom. The van der Waals surface area contributed by atoms with Crippen LogP contribution in [0.1, 0.15) is 71.8 Å². The summed E-state index contributed by atoms with van der Waals surface area (Å²) in [5.74, 6) is 0.126. The standard InChI is InChI=1S/C21H34O2/c1-5-6-7-11-14-19(16-18-12-9-8-10-13-18)20-15-17(2)22-21(3,4)23-20/h8-10,12-13,17,19-20H,5-7,11,14-16H2,1-4H3/t17-,19+,20+/m1/s1. The summed E-state index contributed by atoms with van der Waals surface area (Å²) in [5, 5.41) is 0. The molecule has 0 N–H and O–H groups in total. The Hall–Kier alpha value is -0.860. The average Bonchev–Trinajstić information content (AvgIpc) is 2.49. The van der Waals surface area contributed by atoms with E-state index in [1.54, 1.807) is 0 Å². The van der Waals surface area contributed by atoms with Crippen molar-refractivity contribution in [3.8, 4) is 0 Å². The second-order valence-electron chi connectivity index (χ2n) is 7.52. The van der Waals surface area contributed by atoms with E-state index in [-0.39, 0.29) is 6.10 Å². The zero-order valence-corrected chi connectivity index (χ0v) is 15.4. The Morgan fingerprint density at radius 3 is 2.48 bits per heavy atom. The third-order valence-corrected chi connectivity index (χ3v) is 4.78. The molecular formula is C21H34O2. The van der Waals surface area contributed by atoms with Crippen LogP contribution in [0.4, 0.5) is 0 Å². The van der Waals surface area contributed by atoms with E-state index in [2.05, 4.69) is 44.2 Å². The van der Waals surface area contributed by atoms with Crippen molar-refractivity contribution in [2.24, 2.45) is 5.92 Å². The molecule has 1 saturated heterocycles.